The van der Waals surface area contributed by atoms with Crippen LogP contribution in [-0.4, -0.2) is 73.4 Å². The molecule has 13 heteroatoms. The molecule has 4 amide bonds. The summed E-state index contributed by atoms with van der Waals surface area (Å²) in [5, 5.41) is 19.4. The molecule has 0 spiro atoms. The number of primary amides is 1. The highest BCUT2D eigenvalue weighted by Gasteiger charge is 2.44. The van der Waals surface area contributed by atoms with Gasteiger partial charge < -0.3 is 20.5 Å². The molecule has 2 unspecified atom stereocenters. The predicted molar refractivity (Wildman–Crippen MR) is 117 cm³/mol. The van der Waals surface area contributed by atoms with E-state index in [0.717, 1.165) is 11.8 Å². The molecule has 1 aromatic rings. The van der Waals surface area contributed by atoms with Crippen LogP contribution in [-0.2, 0) is 16.1 Å². The van der Waals surface area contributed by atoms with Gasteiger partial charge in [-0.1, -0.05) is 0 Å². The number of ether oxygens (including phenoxy) is 1. The third-order valence-electron chi connectivity index (χ3n) is 4.76. The Labute approximate surface area is 188 Å². The molecule has 3 N–H and O–H groups in total. The normalized spacial score (nSPS) is 20.1. The van der Waals surface area contributed by atoms with Gasteiger partial charge in [-0.25, -0.2) is 14.5 Å². The number of aliphatic hydroxyl groups is 1. The van der Waals surface area contributed by atoms with Crippen molar-refractivity contribution in [2.75, 3.05) is 12.8 Å². The Balaban J connectivity index is 2.12. The van der Waals surface area contributed by atoms with Crippen LogP contribution in [0.25, 0.3) is 0 Å². The number of nitro benzene ring substituents is 1. The summed E-state index contributed by atoms with van der Waals surface area (Å²) >= 11 is 5.54. The summed E-state index contributed by atoms with van der Waals surface area (Å²) in [4.78, 5) is 49.3. The molecular formula is C18H24N4O7S2. The number of imide groups is 1. The Morgan fingerprint density at radius 2 is 2.03 bits per heavy atom. The van der Waals surface area contributed by atoms with Gasteiger partial charge in [-0.3, -0.25) is 14.9 Å². The lowest BCUT2D eigenvalue weighted by molar-refractivity contribution is -0.384. The highest BCUT2D eigenvalue weighted by atomic mass is 32.2. The van der Waals surface area contributed by atoms with E-state index in [1.54, 1.807) is 6.26 Å². The number of nitrogens with zero attached hydrogens (tertiary/aromatic N) is 3. The van der Waals surface area contributed by atoms with Crippen molar-refractivity contribution in [3.63, 3.8) is 0 Å². The number of nitrogens with two attached hydrogens (primary N) is 1. The number of carbonyl (C=O) groups is 3. The second kappa shape index (κ2) is 10.7. The van der Waals surface area contributed by atoms with Crippen molar-refractivity contribution in [1.29, 1.82) is 0 Å². The number of hydrogen-bond acceptors (Lipinski definition) is 9. The minimum atomic E-state index is -1.42. The lowest BCUT2D eigenvalue weighted by Gasteiger charge is -2.32. The fraction of sp³-hybridized carbons (Fsp3) is 0.500. The Morgan fingerprint density at radius 1 is 1.42 bits per heavy atom. The molecule has 11 nitrogen and oxygen atoms in total. The van der Waals surface area contributed by atoms with E-state index in [4.69, 9.17) is 10.5 Å². The summed E-state index contributed by atoms with van der Waals surface area (Å²) in [5.74, 6) is -0.712. The summed E-state index contributed by atoms with van der Waals surface area (Å²) in [6, 6.07) is 3.86. The van der Waals surface area contributed by atoms with Crippen LogP contribution in [0.2, 0.25) is 0 Å². The van der Waals surface area contributed by atoms with E-state index in [0.29, 0.717) is 16.9 Å². The molecule has 0 saturated carbocycles. The number of amides is 4. The van der Waals surface area contributed by atoms with Crippen molar-refractivity contribution in [2.24, 2.45) is 5.73 Å². The minimum absolute atomic E-state index is 0.0777. The zero-order valence-corrected chi connectivity index (χ0v) is 18.6. The fourth-order valence-electron chi connectivity index (χ4n) is 3.32. The Bertz CT molecular complexity index is 837. The standard InChI is InChI=1S/C18H24N4O7S2/c1-10(23)21(17(19)25)16(24)15(31-2)14-7-13(30)8-20(14)18(26)29-9-11-3-5-12(6-4-11)22(27)28/h3-6,10,13-15,23,30H,7-9H2,1-2H3,(H2,19,25)/t10?,13-,14-,15?/m0/s1. The number of hydrogen-bond donors (Lipinski definition) is 3. The van der Waals surface area contributed by atoms with Gasteiger partial charge in [0.15, 0.2) is 0 Å². The van der Waals surface area contributed by atoms with Crippen molar-refractivity contribution in [3.8, 4) is 0 Å². The van der Waals surface area contributed by atoms with Crippen molar-refractivity contribution in [3.05, 3.63) is 39.9 Å². The van der Waals surface area contributed by atoms with Crippen LogP contribution in [0, 0.1) is 10.1 Å². The number of thiol groups is 1. The quantitative estimate of drug-likeness (QED) is 0.234. The molecule has 1 aliphatic rings. The van der Waals surface area contributed by atoms with E-state index in [9.17, 15) is 29.6 Å². The lowest BCUT2D eigenvalue weighted by Crippen LogP contribution is -2.54. The monoisotopic (exact) mass is 472 g/mol. The smallest absolute Gasteiger partial charge is 0.410 e. The van der Waals surface area contributed by atoms with Gasteiger partial charge in [0, 0.05) is 23.9 Å². The number of nitro groups is 1. The average Bonchev–Trinajstić information content (AvgIpc) is 3.07. The Hall–Kier alpha value is -2.51. The number of aliphatic hydroxyl groups excluding tert-OH is 1. The van der Waals surface area contributed by atoms with Gasteiger partial charge in [-0.2, -0.15) is 12.6 Å². The van der Waals surface area contributed by atoms with E-state index in [2.05, 4.69) is 12.6 Å². The van der Waals surface area contributed by atoms with Crippen LogP contribution in [0.5, 0.6) is 0 Å². The number of rotatable bonds is 7. The number of thioether (sulfide) groups is 1. The predicted octanol–water partition coefficient (Wildman–Crippen LogP) is 1.58. The minimum Gasteiger partial charge on any atom is -0.445 e. The van der Waals surface area contributed by atoms with Gasteiger partial charge in [0.05, 0.1) is 11.0 Å². The molecule has 2 rings (SSSR count). The van der Waals surface area contributed by atoms with Crippen LogP contribution in [0.1, 0.15) is 18.9 Å². The SMILES string of the molecule is CSC(C(=O)N(C(N)=O)C(C)O)[C@@H]1C[C@H](S)CN1C(=O)OCc1ccc([N+](=O)[O-])cc1. The lowest BCUT2D eigenvalue weighted by atomic mass is 10.1. The van der Waals surface area contributed by atoms with E-state index >= 15 is 0 Å². The van der Waals surface area contributed by atoms with Crippen LogP contribution in [0.15, 0.2) is 24.3 Å². The van der Waals surface area contributed by atoms with Crippen LogP contribution >= 0.6 is 24.4 Å². The number of non-ortho nitro benzene ring substituents is 1. The first-order valence-corrected chi connectivity index (χ1v) is 11.0. The molecule has 1 heterocycles. The molecule has 1 saturated heterocycles. The molecule has 1 aromatic carbocycles. The number of carbonyl (C=O) groups excluding carboxylic acids is 3. The van der Waals surface area contributed by atoms with Crippen molar-refractivity contribution in [2.45, 2.75) is 42.7 Å². The third kappa shape index (κ3) is 6.02. The summed E-state index contributed by atoms with van der Waals surface area (Å²) < 4.78 is 5.33. The first-order chi connectivity index (χ1) is 14.6. The maximum atomic E-state index is 12.9. The number of urea groups is 1. The first kappa shape index (κ1) is 24.8. The van der Waals surface area contributed by atoms with Crippen molar-refractivity contribution in [1.82, 2.24) is 9.80 Å². The van der Waals surface area contributed by atoms with E-state index in [1.807, 2.05) is 0 Å². The van der Waals surface area contributed by atoms with Crippen molar-refractivity contribution < 1.29 is 29.2 Å². The molecule has 4 atom stereocenters. The topological polar surface area (TPSA) is 156 Å². The van der Waals surface area contributed by atoms with E-state index in [-0.39, 0.29) is 24.1 Å². The van der Waals surface area contributed by atoms with Crippen LogP contribution in [0.3, 0.4) is 0 Å². The van der Waals surface area contributed by atoms with E-state index in [1.165, 1.54) is 36.1 Å². The highest BCUT2D eigenvalue weighted by Crippen LogP contribution is 2.31. The molecule has 0 aliphatic carbocycles. The number of likely N-dealkylation sites (tertiary alicyclic amines) is 1. The molecule has 170 valence electrons. The van der Waals surface area contributed by atoms with Crippen molar-refractivity contribution >= 4 is 48.1 Å². The maximum absolute atomic E-state index is 12.9. The maximum Gasteiger partial charge on any atom is 0.410 e. The Morgan fingerprint density at radius 3 is 2.52 bits per heavy atom. The van der Waals surface area contributed by atoms with Gasteiger partial charge in [0.2, 0.25) is 5.91 Å². The number of benzene rings is 1. The van der Waals surface area contributed by atoms with Gasteiger partial charge in [0.1, 0.15) is 18.1 Å². The summed E-state index contributed by atoms with van der Waals surface area (Å²) in [6.45, 7) is 1.35. The molecule has 0 aromatic heterocycles. The second-order valence-corrected chi connectivity index (χ2v) is 8.63. The molecule has 31 heavy (non-hydrogen) atoms. The first-order valence-electron chi connectivity index (χ1n) is 9.25. The molecule has 0 radical (unpaired) electrons. The molecular weight excluding hydrogens is 448 g/mol. The van der Waals surface area contributed by atoms with Crippen LogP contribution in [0.4, 0.5) is 15.3 Å². The molecule has 0 bridgehead atoms. The van der Waals surface area contributed by atoms with Gasteiger partial charge in [0.25, 0.3) is 5.69 Å². The average molecular weight is 473 g/mol. The zero-order valence-electron chi connectivity index (χ0n) is 16.9. The van der Waals surface area contributed by atoms with E-state index < -0.39 is 40.5 Å². The van der Waals surface area contributed by atoms with Gasteiger partial charge >= 0.3 is 12.1 Å². The zero-order chi connectivity index (χ0) is 23.3. The Kier molecular flexibility index (Phi) is 8.53. The summed E-state index contributed by atoms with van der Waals surface area (Å²) in [6.07, 6.45) is -0.0834. The second-order valence-electron chi connectivity index (χ2n) is 6.92. The summed E-state index contributed by atoms with van der Waals surface area (Å²) in [5.41, 5.74) is 5.71. The third-order valence-corrected chi connectivity index (χ3v) is 6.16. The van der Waals surface area contributed by atoms with Gasteiger partial charge in [-0.15, -0.1) is 11.8 Å². The van der Waals surface area contributed by atoms with Gasteiger partial charge in [-0.05, 0) is 37.3 Å². The van der Waals surface area contributed by atoms with Crippen LogP contribution < -0.4 is 5.73 Å². The largest absolute Gasteiger partial charge is 0.445 e. The molecule has 1 aliphatic heterocycles. The fourth-order valence-corrected chi connectivity index (χ4v) is 4.60. The molecule has 1 fully saturated rings. The highest BCUT2D eigenvalue weighted by molar-refractivity contribution is 8.00. The summed E-state index contributed by atoms with van der Waals surface area (Å²) in [7, 11) is 0.